The Kier molecular flexibility index (Phi) is 3.69. The SMILES string of the molecule is CCOc1cc(C(=O)OC)nc2c(C)ccc(C)c12. The van der Waals surface area contributed by atoms with Gasteiger partial charge < -0.3 is 9.47 Å². The van der Waals surface area contributed by atoms with E-state index in [1.165, 1.54) is 7.11 Å². The van der Waals surface area contributed by atoms with Crippen molar-refractivity contribution in [3.8, 4) is 5.75 Å². The van der Waals surface area contributed by atoms with Crippen molar-refractivity contribution in [2.45, 2.75) is 20.8 Å². The van der Waals surface area contributed by atoms with Gasteiger partial charge in [0.25, 0.3) is 0 Å². The van der Waals surface area contributed by atoms with Crippen molar-refractivity contribution < 1.29 is 14.3 Å². The van der Waals surface area contributed by atoms with Crippen LogP contribution in [-0.4, -0.2) is 24.7 Å². The molecular weight excluding hydrogens is 242 g/mol. The van der Waals surface area contributed by atoms with Gasteiger partial charge in [-0.2, -0.15) is 0 Å². The average Bonchev–Trinajstić information content (AvgIpc) is 2.42. The summed E-state index contributed by atoms with van der Waals surface area (Å²) in [6, 6.07) is 5.66. The summed E-state index contributed by atoms with van der Waals surface area (Å²) in [6.07, 6.45) is 0. The highest BCUT2D eigenvalue weighted by molar-refractivity contribution is 5.96. The average molecular weight is 259 g/mol. The van der Waals surface area contributed by atoms with Crippen LogP contribution >= 0.6 is 0 Å². The fourth-order valence-corrected chi connectivity index (χ4v) is 2.08. The van der Waals surface area contributed by atoms with Crippen LogP contribution in [0, 0.1) is 13.8 Å². The molecule has 4 nitrogen and oxygen atoms in total. The molecule has 0 saturated carbocycles. The molecule has 0 bridgehead atoms. The van der Waals surface area contributed by atoms with Crippen LogP contribution in [0.15, 0.2) is 18.2 Å². The van der Waals surface area contributed by atoms with Crippen LogP contribution in [0.5, 0.6) is 5.75 Å². The van der Waals surface area contributed by atoms with E-state index in [4.69, 9.17) is 9.47 Å². The van der Waals surface area contributed by atoms with E-state index < -0.39 is 5.97 Å². The van der Waals surface area contributed by atoms with E-state index in [0.29, 0.717) is 12.4 Å². The Morgan fingerprint density at radius 2 is 1.95 bits per heavy atom. The first-order chi connectivity index (χ1) is 9.08. The van der Waals surface area contributed by atoms with Crippen LogP contribution < -0.4 is 4.74 Å². The summed E-state index contributed by atoms with van der Waals surface area (Å²) in [5.74, 6) is 0.220. The Balaban J connectivity index is 2.79. The Labute approximate surface area is 112 Å². The first-order valence-electron chi connectivity index (χ1n) is 6.20. The second-order valence-corrected chi connectivity index (χ2v) is 4.35. The predicted molar refractivity (Wildman–Crippen MR) is 73.7 cm³/mol. The maximum atomic E-state index is 11.7. The number of nitrogens with zero attached hydrogens (tertiary/aromatic N) is 1. The second-order valence-electron chi connectivity index (χ2n) is 4.35. The summed E-state index contributed by atoms with van der Waals surface area (Å²) < 4.78 is 10.4. The molecule has 0 unspecified atom stereocenters. The smallest absolute Gasteiger partial charge is 0.356 e. The minimum Gasteiger partial charge on any atom is -0.493 e. The van der Waals surface area contributed by atoms with E-state index in [1.807, 2.05) is 32.9 Å². The molecule has 0 spiro atoms. The summed E-state index contributed by atoms with van der Waals surface area (Å²) >= 11 is 0. The van der Waals surface area contributed by atoms with Crippen LogP contribution in [0.25, 0.3) is 10.9 Å². The highest BCUT2D eigenvalue weighted by Crippen LogP contribution is 2.30. The predicted octanol–water partition coefficient (Wildman–Crippen LogP) is 3.04. The van der Waals surface area contributed by atoms with Gasteiger partial charge >= 0.3 is 5.97 Å². The number of fused-ring (bicyclic) bond motifs is 1. The number of rotatable bonds is 3. The van der Waals surface area contributed by atoms with Crippen molar-refractivity contribution in [2.75, 3.05) is 13.7 Å². The third-order valence-corrected chi connectivity index (χ3v) is 3.03. The number of carbonyl (C=O) groups excluding carboxylic acids is 1. The van der Waals surface area contributed by atoms with Gasteiger partial charge in [-0.1, -0.05) is 12.1 Å². The van der Waals surface area contributed by atoms with Crippen molar-refractivity contribution >= 4 is 16.9 Å². The van der Waals surface area contributed by atoms with E-state index >= 15 is 0 Å². The third kappa shape index (κ3) is 2.38. The van der Waals surface area contributed by atoms with Crippen LogP contribution in [0.4, 0.5) is 0 Å². The maximum absolute atomic E-state index is 11.7. The molecule has 0 aliphatic heterocycles. The number of benzene rings is 1. The van der Waals surface area contributed by atoms with E-state index in [0.717, 1.165) is 22.0 Å². The fourth-order valence-electron chi connectivity index (χ4n) is 2.08. The number of methoxy groups -OCH3 is 1. The molecule has 1 aromatic carbocycles. The molecular formula is C15H17NO3. The molecule has 100 valence electrons. The Bertz CT molecular complexity index is 635. The van der Waals surface area contributed by atoms with Crippen LogP contribution in [0.3, 0.4) is 0 Å². The van der Waals surface area contributed by atoms with Gasteiger partial charge in [0.15, 0.2) is 5.69 Å². The van der Waals surface area contributed by atoms with Gasteiger partial charge in [-0.05, 0) is 31.9 Å². The largest absolute Gasteiger partial charge is 0.493 e. The van der Waals surface area contributed by atoms with E-state index in [2.05, 4.69) is 4.98 Å². The lowest BCUT2D eigenvalue weighted by Crippen LogP contribution is -2.06. The van der Waals surface area contributed by atoms with Gasteiger partial charge in [-0.25, -0.2) is 9.78 Å². The number of aromatic nitrogens is 1. The van der Waals surface area contributed by atoms with Gasteiger partial charge in [-0.3, -0.25) is 0 Å². The minimum atomic E-state index is -0.455. The zero-order chi connectivity index (χ0) is 14.0. The highest BCUT2D eigenvalue weighted by atomic mass is 16.5. The summed E-state index contributed by atoms with van der Waals surface area (Å²) in [4.78, 5) is 16.1. The Morgan fingerprint density at radius 1 is 1.26 bits per heavy atom. The zero-order valence-electron chi connectivity index (χ0n) is 11.6. The van der Waals surface area contributed by atoms with E-state index in [-0.39, 0.29) is 5.69 Å². The van der Waals surface area contributed by atoms with E-state index in [9.17, 15) is 4.79 Å². The molecule has 0 amide bonds. The van der Waals surface area contributed by atoms with Gasteiger partial charge in [0, 0.05) is 11.5 Å². The van der Waals surface area contributed by atoms with Gasteiger partial charge in [-0.15, -0.1) is 0 Å². The number of carbonyl (C=O) groups is 1. The molecule has 19 heavy (non-hydrogen) atoms. The summed E-state index contributed by atoms with van der Waals surface area (Å²) in [6.45, 7) is 6.41. The van der Waals surface area contributed by atoms with Crippen molar-refractivity contribution in [1.82, 2.24) is 4.98 Å². The lowest BCUT2D eigenvalue weighted by atomic mass is 10.0. The van der Waals surface area contributed by atoms with Gasteiger partial charge in [0.2, 0.25) is 0 Å². The number of aryl methyl sites for hydroxylation is 2. The highest BCUT2D eigenvalue weighted by Gasteiger charge is 2.15. The van der Waals surface area contributed by atoms with Crippen molar-refractivity contribution in [3.63, 3.8) is 0 Å². The molecule has 0 radical (unpaired) electrons. The Hall–Kier alpha value is -2.10. The quantitative estimate of drug-likeness (QED) is 0.795. The van der Waals surface area contributed by atoms with Gasteiger partial charge in [0.05, 0.1) is 19.2 Å². The number of esters is 1. The minimum absolute atomic E-state index is 0.271. The number of ether oxygens (including phenoxy) is 2. The summed E-state index contributed by atoms with van der Waals surface area (Å²) in [5.41, 5.74) is 3.14. The monoisotopic (exact) mass is 259 g/mol. The third-order valence-electron chi connectivity index (χ3n) is 3.03. The first kappa shape index (κ1) is 13.3. The second kappa shape index (κ2) is 5.26. The standard InChI is InChI=1S/C15H17NO3/c1-5-19-12-8-11(15(17)18-4)16-14-10(3)7-6-9(2)13(12)14/h6-8H,5H2,1-4H3. The summed E-state index contributed by atoms with van der Waals surface area (Å²) in [5, 5.41) is 0.953. The maximum Gasteiger partial charge on any atom is 0.356 e. The first-order valence-corrected chi connectivity index (χ1v) is 6.20. The molecule has 0 aliphatic rings. The van der Waals surface area contributed by atoms with E-state index in [1.54, 1.807) is 6.07 Å². The normalized spacial score (nSPS) is 10.5. The van der Waals surface area contributed by atoms with Gasteiger partial charge in [0.1, 0.15) is 5.75 Å². The van der Waals surface area contributed by atoms with Crippen LogP contribution in [-0.2, 0) is 4.74 Å². The molecule has 0 fully saturated rings. The molecule has 0 saturated heterocycles. The number of hydrogen-bond acceptors (Lipinski definition) is 4. The van der Waals surface area contributed by atoms with Crippen molar-refractivity contribution in [1.29, 1.82) is 0 Å². The summed E-state index contributed by atoms with van der Waals surface area (Å²) in [7, 11) is 1.34. The molecule has 1 aromatic heterocycles. The Morgan fingerprint density at radius 3 is 2.58 bits per heavy atom. The molecule has 2 aromatic rings. The zero-order valence-corrected chi connectivity index (χ0v) is 11.6. The van der Waals surface area contributed by atoms with Crippen LogP contribution in [0.1, 0.15) is 28.5 Å². The molecule has 0 N–H and O–H groups in total. The van der Waals surface area contributed by atoms with Crippen molar-refractivity contribution in [3.05, 3.63) is 35.0 Å². The van der Waals surface area contributed by atoms with Crippen LogP contribution in [0.2, 0.25) is 0 Å². The van der Waals surface area contributed by atoms with Crippen molar-refractivity contribution in [2.24, 2.45) is 0 Å². The molecule has 2 rings (SSSR count). The number of hydrogen-bond donors (Lipinski definition) is 0. The molecule has 0 aliphatic carbocycles. The molecule has 1 heterocycles. The fraction of sp³-hybridized carbons (Fsp3) is 0.333. The molecule has 0 atom stereocenters. The number of pyridine rings is 1. The molecule has 4 heteroatoms. The lowest BCUT2D eigenvalue weighted by Gasteiger charge is -2.12. The lowest BCUT2D eigenvalue weighted by molar-refractivity contribution is 0.0594. The topological polar surface area (TPSA) is 48.4 Å².